The molecule has 156 valence electrons. The quantitative estimate of drug-likeness (QED) is 0.195. The summed E-state index contributed by atoms with van der Waals surface area (Å²) in [6, 6.07) is 12.7. The molecule has 0 unspecified atom stereocenters. The Morgan fingerprint density at radius 2 is 1.70 bits per heavy atom. The Morgan fingerprint density at radius 3 is 2.33 bits per heavy atom. The molecular weight excluding hydrogens is 594 g/mol. The first kappa shape index (κ1) is 22.7. The van der Waals surface area contributed by atoms with Gasteiger partial charge < -0.3 is 13.9 Å². The number of rotatable bonds is 8. The lowest BCUT2D eigenvalue weighted by atomic mass is 10.1. The molecule has 0 aliphatic carbocycles. The number of ketones is 1. The van der Waals surface area contributed by atoms with Crippen LogP contribution < -0.4 is 9.47 Å². The maximum Gasteiger partial charge on any atom is 0.387 e. The summed E-state index contributed by atoms with van der Waals surface area (Å²) in [6.45, 7) is -2.71. The monoisotopic (exact) mass is 604 g/mol. The molecule has 0 amide bonds. The first-order valence-corrected chi connectivity index (χ1v) is 10.8. The zero-order valence-electron chi connectivity index (χ0n) is 15.1. The van der Waals surface area contributed by atoms with Crippen LogP contribution in [0.25, 0.3) is 6.08 Å². The first-order chi connectivity index (χ1) is 14.3. The molecule has 9 heteroatoms. The van der Waals surface area contributed by atoms with Gasteiger partial charge in [-0.15, -0.1) is 0 Å². The van der Waals surface area contributed by atoms with Gasteiger partial charge in [-0.3, -0.25) is 4.79 Å². The van der Waals surface area contributed by atoms with Crippen LogP contribution in [0.5, 0.6) is 11.5 Å². The third-order valence-electron chi connectivity index (χ3n) is 3.77. The normalized spacial score (nSPS) is 11.3. The molecule has 0 aliphatic heterocycles. The molecule has 3 rings (SSSR count). The van der Waals surface area contributed by atoms with E-state index < -0.39 is 6.61 Å². The summed E-state index contributed by atoms with van der Waals surface area (Å²) >= 11 is 10.3. The molecule has 30 heavy (non-hydrogen) atoms. The number of halogens is 5. The van der Waals surface area contributed by atoms with Crippen molar-refractivity contribution < 1.29 is 27.5 Å². The van der Waals surface area contributed by atoms with Gasteiger partial charge in [0, 0.05) is 10.0 Å². The number of hydrogen-bond acceptors (Lipinski definition) is 4. The Kier molecular flexibility index (Phi) is 7.85. The van der Waals surface area contributed by atoms with E-state index in [2.05, 4.69) is 52.5 Å². The fourth-order valence-corrected chi connectivity index (χ4v) is 4.91. The van der Waals surface area contributed by atoms with Gasteiger partial charge in [0.15, 0.2) is 5.78 Å². The van der Waals surface area contributed by atoms with Crippen LogP contribution in [0.15, 0.2) is 72.4 Å². The molecule has 0 N–H and O–H groups in total. The molecular formula is C21H13Br3F2O4. The van der Waals surface area contributed by atoms with Gasteiger partial charge in [0.05, 0.1) is 8.95 Å². The molecule has 0 atom stereocenters. The van der Waals surface area contributed by atoms with E-state index in [4.69, 9.17) is 9.15 Å². The van der Waals surface area contributed by atoms with Crippen molar-refractivity contribution in [1.29, 1.82) is 0 Å². The third kappa shape index (κ3) is 6.26. The number of carbonyl (C=O) groups excluding carboxylic acids is 1. The van der Waals surface area contributed by atoms with Gasteiger partial charge in [0.25, 0.3) is 0 Å². The van der Waals surface area contributed by atoms with Crippen LogP contribution in [-0.4, -0.2) is 12.4 Å². The highest BCUT2D eigenvalue weighted by Crippen LogP contribution is 2.37. The second-order valence-corrected chi connectivity index (χ2v) is 8.52. The summed E-state index contributed by atoms with van der Waals surface area (Å²) in [5.74, 6) is 1.40. The van der Waals surface area contributed by atoms with Gasteiger partial charge in [0.1, 0.15) is 29.6 Å². The van der Waals surface area contributed by atoms with E-state index in [1.807, 2.05) is 12.1 Å². The molecule has 2 aromatic carbocycles. The second-order valence-electron chi connectivity index (χ2n) is 5.89. The fourth-order valence-electron chi connectivity index (χ4n) is 2.43. The molecule has 3 aromatic rings. The molecule has 4 nitrogen and oxygen atoms in total. The van der Waals surface area contributed by atoms with Crippen molar-refractivity contribution in [1.82, 2.24) is 0 Å². The highest BCUT2D eigenvalue weighted by Gasteiger charge is 2.10. The molecule has 0 spiro atoms. The Morgan fingerprint density at radius 1 is 1.03 bits per heavy atom. The van der Waals surface area contributed by atoms with Gasteiger partial charge in [-0.1, -0.05) is 15.9 Å². The minimum atomic E-state index is -2.91. The minimum Gasteiger partial charge on any atom is -0.483 e. The van der Waals surface area contributed by atoms with E-state index in [0.717, 1.165) is 13.4 Å². The number of allylic oxidation sites excluding steroid dienone is 1. The minimum absolute atomic E-state index is 0.00902. The smallest absolute Gasteiger partial charge is 0.387 e. The van der Waals surface area contributed by atoms with Crippen LogP contribution in [0.4, 0.5) is 8.78 Å². The zero-order chi connectivity index (χ0) is 21.7. The average molecular weight is 607 g/mol. The number of hydrogen-bond donors (Lipinski definition) is 0. The largest absolute Gasteiger partial charge is 0.483 e. The van der Waals surface area contributed by atoms with Crippen LogP contribution in [-0.2, 0) is 6.61 Å². The van der Waals surface area contributed by atoms with E-state index in [-0.39, 0.29) is 18.1 Å². The summed E-state index contributed by atoms with van der Waals surface area (Å²) in [7, 11) is 0. The highest BCUT2D eigenvalue weighted by atomic mass is 79.9. The number of benzene rings is 2. The molecule has 0 saturated carbocycles. The van der Waals surface area contributed by atoms with Crippen LogP contribution in [0.2, 0.25) is 0 Å². The van der Waals surface area contributed by atoms with Crippen molar-refractivity contribution in [3.63, 3.8) is 0 Å². The second kappa shape index (κ2) is 10.4. The van der Waals surface area contributed by atoms with Crippen LogP contribution in [0.3, 0.4) is 0 Å². The molecule has 0 aliphatic rings. The molecule has 0 bridgehead atoms. The zero-order valence-corrected chi connectivity index (χ0v) is 19.8. The average Bonchev–Trinajstić information content (AvgIpc) is 3.13. The standard InChI is InChI=1S/C21H13Br3F2O4/c22-13-9-17(23)20(18(24)10-13)28-11-16-6-5-14(29-16)7-8-19(27)12-1-3-15(4-2-12)30-21(25)26/h1-10,21H,11H2/b8-7+. The van der Waals surface area contributed by atoms with Crippen LogP contribution >= 0.6 is 47.8 Å². The van der Waals surface area contributed by atoms with Crippen molar-refractivity contribution in [2.45, 2.75) is 13.2 Å². The van der Waals surface area contributed by atoms with Gasteiger partial charge >= 0.3 is 6.61 Å². The van der Waals surface area contributed by atoms with E-state index in [0.29, 0.717) is 22.8 Å². The van der Waals surface area contributed by atoms with Gasteiger partial charge in [0.2, 0.25) is 0 Å². The number of ether oxygens (including phenoxy) is 2. The lowest BCUT2D eigenvalue weighted by Crippen LogP contribution is -2.02. The Labute approximate surface area is 196 Å². The maximum absolute atomic E-state index is 12.2. The third-order valence-corrected chi connectivity index (χ3v) is 5.40. The summed E-state index contributed by atoms with van der Waals surface area (Å²) in [5, 5.41) is 0. The van der Waals surface area contributed by atoms with Crippen LogP contribution in [0.1, 0.15) is 21.9 Å². The van der Waals surface area contributed by atoms with Crippen molar-refractivity contribution in [2.75, 3.05) is 0 Å². The summed E-state index contributed by atoms with van der Waals surface area (Å²) in [4.78, 5) is 12.2. The number of carbonyl (C=O) groups is 1. The summed E-state index contributed by atoms with van der Waals surface area (Å²) < 4.78 is 42.5. The van der Waals surface area contributed by atoms with Gasteiger partial charge in [-0.25, -0.2) is 0 Å². The molecule has 1 aromatic heterocycles. The van der Waals surface area contributed by atoms with E-state index >= 15 is 0 Å². The Hall–Kier alpha value is -1.97. The summed E-state index contributed by atoms with van der Waals surface area (Å²) in [6.07, 6.45) is 2.87. The first-order valence-electron chi connectivity index (χ1n) is 8.45. The van der Waals surface area contributed by atoms with E-state index in [1.165, 1.54) is 36.4 Å². The Balaban J connectivity index is 1.59. The SMILES string of the molecule is O=C(/C=C/c1ccc(COc2c(Br)cc(Br)cc2Br)o1)c1ccc(OC(F)F)cc1. The fraction of sp³-hybridized carbons (Fsp3) is 0.0952. The highest BCUT2D eigenvalue weighted by molar-refractivity contribution is 9.11. The topological polar surface area (TPSA) is 48.7 Å². The van der Waals surface area contributed by atoms with E-state index in [9.17, 15) is 13.6 Å². The predicted molar refractivity (Wildman–Crippen MR) is 119 cm³/mol. The number of alkyl halides is 2. The molecule has 0 radical (unpaired) electrons. The van der Waals surface area contributed by atoms with Crippen molar-refractivity contribution in [3.8, 4) is 11.5 Å². The molecule has 0 fully saturated rings. The predicted octanol–water partition coefficient (Wildman–Crippen LogP) is 7.64. The lowest BCUT2D eigenvalue weighted by molar-refractivity contribution is -0.0498. The van der Waals surface area contributed by atoms with Crippen LogP contribution in [0, 0.1) is 0 Å². The van der Waals surface area contributed by atoms with E-state index in [1.54, 1.807) is 12.1 Å². The maximum atomic E-state index is 12.2. The van der Waals surface area contributed by atoms with Crippen molar-refractivity contribution in [3.05, 3.63) is 85.1 Å². The lowest BCUT2D eigenvalue weighted by Gasteiger charge is -2.09. The summed E-state index contributed by atoms with van der Waals surface area (Å²) in [5.41, 5.74) is 0.341. The van der Waals surface area contributed by atoms with Gasteiger partial charge in [-0.05, 0) is 92.5 Å². The Bertz CT molecular complexity index is 1040. The molecule has 0 saturated heterocycles. The molecule has 1 heterocycles. The van der Waals surface area contributed by atoms with Crippen molar-refractivity contribution in [2.24, 2.45) is 0 Å². The van der Waals surface area contributed by atoms with Crippen molar-refractivity contribution >= 4 is 59.6 Å². The number of furan rings is 1. The van der Waals surface area contributed by atoms with Gasteiger partial charge in [-0.2, -0.15) is 8.78 Å².